The fourth-order valence-corrected chi connectivity index (χ4v) is 3.99. The predicted molar refractivity (Wildman–Crippen MR) is 113 cm³/mol. The lowest BCUT2D eigenvalue weighted by Crippen LogP contribution is -2.22. The summed E-state index contributed by atoms with van der Waals surface area (Å²) in [4.78, 5) is 13.1. The van der Waals surface area contributed by atoms with Gasteiger partial charge in [-0.25, -0.2) is 0 Å². The second-order valence-electron chi connectivity index (χ2n) is 7.68. The Morgan fingerprint density at radius 2 is 1.36 bits per heavy atom. The SMILES string of the molecule is COc1ccc(NC(=O)[C@H]2CC2(c2ccc(C)cc2)c2ccc(C)cc2)cc1. The molecule has 0 aromatic heterocycles. The van der Waals surface area contributed by atoms with Crippen molar-refractivity contribution < 1.29 is 9.53 Å². The van der Waals surface area contributed by atoms with E-state index in [1.165, 1.54) is 22.3 Å². The summed E-state index contributed by atoms with van der Waals surface area (Å²) in [6.45, 7) is 4.17. The molecule has 0 bridgehead atoms. The Labute approximate surface area is 166 Å². The molecule has 4 rings (SSSR count). The molecule has 0 saturated heterocycles. The summed E-state index contributed by atoms with van der Waals surface area (Å²) in [6.07, 6.45) is 0.821. The van der Waals surface area contributed by atoms with Gasteiger partial charge in [-0.1, -0.05) is 59.7 Å². The number of carbonyl (C=O) groups is 1. The summed E-state index contributed by atoms with van der Waals surface area (Å²) >= 11 is 0. The van der Waals surface area contributed by atoms with Crippen LogP contribution in [0.1, 0.15) is 28.7 Å². The molecule has 0 heterocycles. The highest BCUT2D eigenvalue weighted by atomic mass is 16.5. The number of carbonyl (C=O) groups excluding carboxylic acids is 1. The topological polar surface area (TPSA) is 38.3 Å². The number of anilines is 1. The predicted octanol–water partition coefficient (Wildman–Crippen LogP) is 5.26. The van der Waals surface area contributed by atoms with Crippen molar-refractivity contribution in [2.24, 2.45) is 5.92 Å². The van der Waals surface area contributed by atoms with Crippen molar-refractivity contribution in [1.29, 1.82) is 0 Å². The average molecular weight is 371 g/mol. The molecule has 3 heteroatoms. The first-order valence-electron chi connectivity index (χ1n) is 9.62. The Morgan fingerprint density at radius 1 is 0.857 bits per heavy atom. The van der Waals surface area contributed by atoms with Gasteiger partial charge in [0, 0.05) is 11.1 Å². The van der Waals surface area contributed by atoms with Gasteiger partial charge in [0.15, 0.2) is 0 Å². The number of amides is 1. The fraction of sp³-hybridized carbons (Fsp3) is 0.240. The van der Waals surface area contributed by atoms with Crippen LogP contribution in [0.15, 0.2) is 72.8 Å². The minimum atomic E-state index is -0.252. The smallest absolute Gasteiger partial charge is 0.228 e. The Kier molecular flexibility index (Phi) is 4.68. The number of ether oxygens (including phenoxy) is 1. The highest BCUT2D eigenvalue weighted by Crippen LogP contribution is 2.59. The highest BCUT2D eigenvalue weighted by Gasteiger charge is 2.60. The molecule has 0 radical (unpaired) electrons. The van der Waals surface area contributed by atoms with Crippen LogP contribution in [0.2, 0.25) is 0 Å². The Bertz CT molecular complexity index is 927. The molecule has 0 aliphatic heterocycles. The molecule has 3 aromatic rings. The van der Waals surface area contributed by atoms with Gasteiger partial charge in [0.1, 0.15) is 5.75 Å². The lowest BCUT2D eigenvalue weighted by molar-refractivity contribution is -0.117. The molecule has 142 valence electrons. The molecule has 1 fully saturated rings. The molecule has 1 atom stereocenters. The number of rotatable bonds is 5. The molecular formula is C25H25NO2. The van der Waals surface area contributed by atoms with E-state index in [0.29, 0.717) is 0 Å². The van der Waals surface area contributed by atoms with Crippen molar-refractivity contribution >= 4 is 11.6 Å². The molecule has 0 unspecified atom stereocenters. The number of aryl methyl sites for hydroxylation is 2. The third-order valence-electron chi connectivity index (χ3n) is 5.77. The molecule has 1 saturated carbocycles. The quantitative estimate of drug-likeness (QED) is 0.665. The number of methoxy groups -OCH3 is 1. The van der Waals surface area contributed by atoms with Crippen molar-refractivity contribution in [2.45, 2.75) is 25.7 Å². The van der Waals surface area contributed by atoms with Crippen LogP contribution in [0.4, 0.5) is 5.69 Å². The van der Waals surface area contributed by atoms with E-state index in [4.69, 9.17) is 4.74 Å². The van der Waals surface area contributed by atoms with Crippen molar-refractivity contribution in [3.63, 3.8) is 0 Å². The standard InChI is InChI=1S/C25H25NO2/c1-17-4-8-19(9-5-17)25(20-10-6-18(2)7-11-20)16-23(25)24(27)26-21-12-14-22(28-3)15-13-21/h4-15,23H,16H2,1-3H3,(H,26,27)/t23-/m1/s1. The molecule has 28 heavy (non-hydrogen) atoms. The van der Waals surface area contributed by atoms with Crippen LogP contribution in [0.3, 0.4) is 0 Å². The number of hydrogen-bond acceptors (Lipinski definition) is 2. The zero-order valence-electron chi connectivity index (χ0n) is 16.5. The van der Waals surface area contributed by atoms with Gasteiger partial charge in [-0.3, -0.25) is 4.79 Å². The first-order valence-corrected chi connectivity index (χ1v) is 9.62. The van der Waals surface area contributed by atoms with Gasteiger partial charge in [0.25, 0.3) is 0 Å². The van der Waals surface area contributed by atoms with E-state index >= 15 is 0 Å². The minimum absolute atomic E-state index is 0.0614. The van der Waals surface area contributed by atoms with Crippen LogP contribution in [-0.2, 0) is 10.2 Å². The second kappa shape index (κ2) is 7.16. The van der Waals surface area contributed by atoms with Gasteiger partial charge in [0.2, 0.25) is 5.91 Å². The van der Waals surface area contributed by atoms with Crippen molar-refractivity contribution in [2.75, 3.05) is 12.4 Å². The lowest BCUT2D eigenvalue weighted by Gasteiger charge is -2.19. The van der Waals surface area contributed by atoms with E-state index in [1.54, 1.807) is 7.11 Å². The summed E-state index contributed by atoms with van der Waals surface area (Å²) < 4.78 is 5.19. The van der Waals surface area contributed by atoms with E-state index in [1.807, 2.05) is 24.3 Å². The van der Waals surface area contributed by atoms with Crippen LogP contribution >= 0.6 is 0 Å². The Balaban J connectivity index is 1.63. The molecule has 1 aliphatic rings. The van der Waals surface area contributed by atoms with Crippen molar-refractivity contribution in [1.82, 2.24) is 0 Å². The van der Waals surface area contributed by atoms with E-state index in [9.17, 15) is 4.79 Å². The first-order chi connectivity index (χ1) is 13.5. The van der Waals surface area contributed by atoms with Crippen molar-refractivity contribution in [3.05, 3.63) is 95.1 Å². The van der Waals surface area contributed by atoms with Crippen molar-refractivity contribution in [3.8, 4) is 5.75 Å². The van der Waals surface area contributed by atoms with E-state index in [-0.39, 0.29) is 17.2 Å². The van der Waals surface area contributed by atoms with E-state index in [0.717, 1.165) is 17.9 Å². The molecular weight excluding hydrogens is 346 g/mol. The summed E-state index contributed by atoms with van der Waals surface area (Å²) in [7, 11) is 1.63. The van der Waals surface area contributed by atoms with Crippen LogP contribution in [0.5, 0.6) is 5.75 Å². The number of benzene rings is 3. The zero-order chi connectivity index (χ0) is 19.7. The van der Waals surface area contributed by atoms with Crippen LogP contribution < -0.4 is 10.1 Å². The molecule has 1 amide bonds. The third kappa shape index (κ3) is 3.29. The highest BCUT2D eigenvalue weighted by molar-refractivity contribution is 5.97. The number of nitrogens with one attached hydrogen (secondary N) is 1. The first kappa shape index (κ1) is 18.3. The second-order valence-corrected chi connectivity index (χ2v) is 7.68. The normalized spacial score (nSPS) is 17.0. The Morgan fingerprint density at radius 3 is 1.82 bits per heavy atom. The molecule has 1 aliphatic carbocycles. The van der Waals surface area contributed by atoms with Crippen LogP contribution in [0, 0.1) is 19.8 Å². The summed E-state index contributed by atoms with van der Waals surface area (Å²) in [5.74, 6) is 0.754. The maximum absolute atomic E-state index is 13.1. The fourth-order valence-electron chi connectivity index (χ4n) is 3.99. The van der Waals surface area contributed by atoms with Gasteiger partial charge in [-0.15, -0.1) is 0 Å². The van der Waals surface area contributed by atoms with Crippen LogP contribution in [-0.4, -0.2) is 13.0 Å². The maximum Gasteiger partial charge on any atom is 0.228 e. The van der Waals surface area contributed by atoms with Gasteiger partial charge < -0.3 is 10.1 Å². The van der Waals surface area contributed by atoms with Gasteiger partial charge in [0.05, 0.1) is 13.0 Å². The van der Waals surface area contributed by atoms with Gasteiger partial charge in [-0.05, 0) is 55.7 Å². The van der Waals surface area contributed by atoms with Gasteiger partial charge in [-0.2, -0.15) is 0 Å². The maximum atomic E-state index is 13.1. The largest absolute Gasteiger partial charge is 0.497 e. The van der Waals surface area contributed by atoms with Gasteiger partial charge >= 0.3 is 0 Å². The lowest BCUT2D eigenvalue weighted by atomic mass is 9.85. The number of hydrogen-bond donors (Lipinski definition) is 1. The molecule has 0 spiro atoms. The monoisotopic (exact) mass is 371 g/mol. The van der Waals surface area contributed by atoms with Crippen LogP contribution in [0.25, 0.3) is 0 Å². The Hall–Kier alpha value is -3.07. The molecule has 3 nitrogen and oxygen atoms in total. The summed E-state index contributed by atoms with van der Waals surface area (Å²) in [5.41, 5.74) is 5.40. The minimum Gasteiger partial charge on any atom is -0.497 e. The van der Waals surface area contributed by atoms with E-state index < -0.39 is 0 Å². The summed E-state index contributed by atoms with van der Waals surface area (Å²) in [6, 6.07) is 24.6. The average Bonchev–Trinajstić information content (AvgIpc) is 3.47. The third-order valence-corrected chi connectivity index (χ3v) is 5.77. The zero-order valence-corrected chi connectivity index (χ0v) is 16.5. The van der Waals surface area contributed by atoms with E-state index in [2.05, 4.69) is 67.7 Å². The molecule has 3 aromatic carbocycles. The summed E-state index contributed by atoms with van der Waals surface area (Å²) in [5, 5.41) is 3.08. The molecule has 1 N–H and O–H groups in total.